The molecule has 2 aromatic carbocycles. The molecule has 0 fully saturated rings. The van der Waals surface area contributed by atoms with Gasteiger partial charge in [0.05, 0.1) is 12.5 Å². The van der Waals surface area contributed by atoms with E-state index in [4.69, 9.17) is 0 Å². The number of hydrogen-bond donors (Lipinski definition) is 1. The summed E-state index contributed by atoms with van der Waals surface area (Å²) in [6, 6.07) is 6.03. The molecular formula is C19H17F3N2O2. The molecule has 1 atom stereocenters. The van der Waals surface area contributed by atoms with Crippen LogP contribution in [0.5, 0.6) is 0 Å². The SMILES string of the molecule is C[C@H]1c2ccc(C(=O)NCc3c(F)cc(F)cc3F)cc2CC(=O)N1C. The number of benzene rings is 2. The van der Waals surface area contributed by atoms with Gasteiger partial charge in [-0.1, -0.05) is 6.07 Å². The van der Waals surface area contributed by atoms with Crippen molar-refractivity contribution in [3.63, 3.8) is 0 Å². The van der Waals surface area contributed by atoms with Crippen LogP contribution in [0.15, 0.2) is 30.3 Å². The Bertz CT molecular complexity index is 875. The first-order valence-electron chi connectivity index (χ1n) is 8.08. The number of nitrogens with one attached hydrogen (secondary N) is 1. The predicted octanol–water partition coefficient (Wildman–Crippen LogP) is 3.11. The third kappa shape index (κ3) is 3.29. The maximum absolute atomic E-state index is 13.6. The molecule has 7 heteroatoms. The van der Waals surface area contributed by atoms with Crippen LogP contribution in [0.3, 0.4) is 0 Å². The average molecular weight is 362 g/mol. The van der Waals surface area contributed by atoms with Gasteiger partial charge in [0.15, 0.2) is 0 Å². The van der Waals surface area contributed by atoms with Gasteiger partial charge >= 0.3 is 0 Å². The summed E-state index contributed by atoms with van der Waals surface area (Å²) < 4.78 is 40.2. The van der Waals surface area contributed by atoms with Gasteiger partial charge in [-0.2, -0.15) is 0 Å². The lowest BCUT2D eigenvalue weighted by atomic mass is 9.91. The first kappa shape index (κ1) is 18.0. The summed E-state index contributed by atoms with van der Waals surface area (Å²) in [7, 11) is 1.72. The Labute approximate surface area is 148 Å². The molecule has 1 aliphatic rings. The molecule has 2 amide bonds. The van der Waals surface area contributed by atoms with E-state index in [1.165, 1.54) is 0 Å². The summed E-state index contributed by atoms with van der Waals surface area (Å²) >= 11 is 0. The van der Waals surface area contributed by atoms with Crippen LogP contribution in [0.2, 0.25) is 0 Å². The molecule has 0 unspecified atom stereocenters. The lowest BCUT2D eigenvalue weighted by molar-refractivity contribution is -0.132. The highest BCUT2D eigenvalue weighted by molar-refractivity contribution is 5.95. The van der Waals surface area contributed by atoms with Crippen LogP contribution in [0.4, 0.5) is 13.2 Å². The molecule has 0 aromatic heterocycles. The van der Waals surface area contributed by atoms with E-state index in [1.807, 2.05) is 6.92 Å². The van der Waals surface area contributed by atoms with E-state index in [1.54, 1.807) is 30.1 Å². The Morgan fingerprint density at radius 2 is 1.85 bits per heavy atom. The number of amides is 2. The molecule has 26 heavy (non-hydrogen) atoms. The van der Waals surface area contributed by atoms with E-state index >= 15 is 0 Å². The number of likely N-dealkylation sites (N-methyl/N-ethyl adjacent to an activating group) is 1. The van der Waals surface area contributed by atoms with Gasteiger partial charge in [0.2, 0.25) is 5.91 Å². The molecule has 0 bridgehead atoms. The molecule has 1 heterocycles. The highest BCUT2D eigenvalue weighted by Crippen LogP contribution is 2.29. The minimum atomic E-state index is -1.06. The molecule has 0 saturated carbocycles. The number of fused-ring (bicyclic) bond motifs is 1. The Morgan fingerprint density at radius 3 is 2.50 bits per heavy atom. The Hall–Kier alpha value is -2.83. The van der Waals surface area contributed by atoms with Crippen molar-refractivity contribution >= 4 is 11.8 Å². The first-order chi connectivity index (χ1) is 12.3. The van der Waals surface area contributed by atoms with Gasteiger partial charge in [-0.25, -0.2) is 13.2 Å². The molecule has 0 aliphatic carbocycles. The number of carbonyl (C=O) groups excluding carboxylic acids is 2. The monoisotopic (exact) mass is 362 g/mol. The minimum Gasteiger partial charge on any atom is -0.348 e. The molecule has 0 spiro atoms. The zero-order valence-corrected chi connectivity index (χ0v) is 14.3. The van der Waals surface area contributed by atoms with Gasteiger partial charge in [-0.15, -0.1) is 0 Å². The molecule has 0 radical (unpaired) electrons. The minimum absolute atomic E-state index is 0.0435. The second-order valence-electron chi connectivity index (χ2n) is 6.30. The fourth-order valence-electron chi connectivity index (χ4n) is 3.03. The first-order valence-corrected chi connectivity index (χ1v) is 8.08. The molecule has 1 aliphatic heterocycles. The van der Waals surface area contributed by atoms with Crippen molar-refractivity contribution in [3.8, 4) is 0 Å². The third-order valence-electron chi connectivity index (χ3n) is 4.70. The zero-order chi connectivity index (χ0) is 19.0. The second kappa shape index (κ2) is 6.82. The van der Waals surface area contributed by atoms with Crippen molar-refractivity contribution in [3.05, 3.63) is 70.0 Å². The second-order valence-corrected chi connectivity index (χ2v) is 6.30. The van der Waals surface area contributed by atoms with E-state index in [-0.39, 0.29) is 23.9 Å². The Kier molecular flexibility index (Phi) is 4.71. The Balaban J connectivity index is 1.78. The fraction of sp³-hybridized carbons (Fsp3) is 0.263. The highest BCUT2D eigenvalue weighted by atomic mass is 19.1. The van der Waals surface area contributed by atoms with Crippen molar-refractivity contribution in [2.75, 3.05) is 7.05 Å². The quantitative estimate of drug-likeness (QED) is 0.912. The highest BCUT2D eigenvalue weighted by Gasteiger charge is 2.27. The lowest BCUT2D eigenvalue weighted by Crippen LogP contribution is -2.36. The van der Waals surface area contributed by atoms with Crippen molar-refractivity contribution in [1.82, 2.24) is 10.2 Å². The van der Waals surface area contributed by atoms with Crippen LogP contribution in [0.25, 0.3) is 0 Å². The summed E-state index contributed by atoms with van der Waals surface area (Å²) in [6.07, 6.45) is 0.193. The van der Waals surface area contributed by atoms with Gasteiger partial charge in [-0.3, -0.25) is 9.59 Å². The van der Waals surface area contributed by atoms with Crippen LogP contribution in [0.1, 0.15) is 40.0 Å². The maximum Gasteiger partial charge on any atom is 0.251 e. The smallest absolute Gasteiger partial charge is 0.251 e. The van der Waals surface area contributed by atoms with E-state index in [9.17, 15) is 22.8 Å². The maximum atomic E-state index is 13.6. The van der Waals surface area contributed by atoms with Gasteiger partial charge in [0, 0.05) is 36.9 Å². The summed E-state index contributed by atoms with van der Waals surface area (Å²) in [5, 5.41) is 2.42. The molecule has 3 rings (SSSR count). The number of hydrogen-bond acceptors (Lipinski definition) is 2. The number of carbonyl (C=O) groups is 2. The number of halogens is 3. The fourth-order valence-corrected chi connectivity index (χ4v) is 3.03. The number of nitrogens with zero attached hydrogens (tertiary/aromatic N) is 1. The van der Waals surface area contributed by atoms with E-state index in [0.717, 1.165) is 11.1 Å². The summed E-state index contributed by atoms with van der Waals surface area (Å²) in [5.41, 5.74) is 1.59. The van der Waals surface area contributed by atoms with Crippen LogP contribution in [-0.2, 0) is 17.8 Å². The number of rotatable bonds is 3. The van der Waals surface area contributed by atoms with E-state index < -0.39 is 35.5 Å². The van der Waals surface area contributed by atoms with Gasteiger partial charge in [0.25, 0.3) is 5.91 Å². The van der Waals surface area contributed by atoms with Gasteiger partial charge in [-0.05, 0) is 30.2 Å². The molecule has 136 valence electrons. The van der Waals surface area contributed by atoms with Crippen molar-refractivity contribution in [1.29, 1.82) is 0 Å². The Morgan fingerprint density at radius 1 is 1.19 bits per heavy atom. The molecule has 1 N–H and O–H groups in total. The topological polar surface area (TPSA) is 49.4 Å². The normalized spacial score (nSPS) is 16.4. The summed E-state index contributed by atoms with van der Waals surface area (Å²) in [6.45, 7) is 1.49. The van der Waals surface area contributed by atoms with Crippen LogP contribution >= 0.6 is 0 Å². The van der Waals surface area contributed by atoms with Crippen molar-refractivity contribution in [2.24, 2.45) is 0 Å². The largest absolute Gasteiger partial charge is 0.348 e. The van der Waals surface area contributed by atoms with Crippen molar-refractivity contribution < 1.29 is 22.8 Å². The predicted molar refractivity (Wildman–Crippen MR) is 88.8 cm³/mol. The molecule has 0 saturated heterocycles. The third-order valence-corrected chi connectivity index (χ3v) is 4.70. The van der Waals surface area contributed by atoms with Crippen LogP contribution < -0.4 is 5.32 Å². The molecular weight excluding hydrogens is 345 g/mol. The zero-order valence-electron chi connectivity index (χ0n) is 14.3. The molecule has 4 nitrogen and oxygen atoms in total. The standard InChI is InChI=1S/C19H17F3N2O2/c1-10-14-4-3-11(5-12(14)6-18(25)24(10)2)19(26)23-9-15-16(21)7-13(20)8-17(15)22/h3-5,7-8,10H,6,9H2,1-2H3,(H,23,26)/t10-/m0/s1. The summed E-state index contributed by atoms with van der Waals surface area (Å²) in [5.74, 6) is -3.71. The van der Waals surface area contributed by atoms with Crippen LogP contribution in [-0.4, -0.2) is 23.8 Å². The lowest BCUT2D eigenvalue weighted by Gasteiger charge is -2.32. The van der Waals surface area contributed by atoms with Crippen molar-refractivity contribution in [2.45, 2.75) is 25.9 Å². The molecule has 2 aromatic rings. The van der Waals surface area contributed by atoms with E-state index in [2.05, 4.69) is 5.32 Å². The van der Waals surface area contributed by atoms with Gasteiger partial charge < -0.3 is 10.2 Å². The average Bonchev–Trinajstić information content (AvgIpc) is 2.58. The summed E-state index contributed by atoms with van der Waals surface area (Å²) in [4.78, 5) is 25.9. The van der Waals surface area contributed by atoms with Gasteiger partial charge in [0.1, 0.15) is 17.5 Å². The van der Waals surface area contributed by atoms with Crippen LogP contribution in [0, 0.1) is 17.5 Å². The van der Waals surface area contributed by atoms with E-state index in [0.29, 0.717) is 12.1 Å².